The predicted octanol–water partition coefficient (Wildman–Crippen LogP) is 1.66. The van der Waals surface area contributed by atoms with E-state index in [0.29, 0.717) is 6.42 Å². The van der Waals surface area contributed by atoms with Crippen LogP contribution in [-0.2, 0) is 19.1 Å². The summed E-state index contributed by atoms with van der Waals surface area (Å²) >= 11 is 0. The van der Waals surface area contributed by atoms with Crippen molar-refractivity contribution in [2.45, 2.75) is 51.9 Å². The highest BCUT2D eigenvalue weighted by atomic mass is 16.5. The van der Waals surface area contributed by atoms with Gasteiger partial charge in [-0.05, 0) is 6.42 Å². The molecular formula is C15H24O5. The number of carbonyl (C=O) groups excluding carboxylic acids is 3. The molecule has 1 saturated heterocycles. The zero-order valence-corrected chi connectivity index (χ0v) is 12.1. The van der Waals surface area contributed by atoms with Crippen LogP contribution in [0.2, 0.25) is 0 Å². The SMILES string of the molecule is CCCCCCCC(=O)[C@H]1C(=O)OC[C@H]1C(=O)CCO. The molecule has 5 nitrogen and oxygen atoms in total. The molecule has 0 saturated carbocycles. The van der Waals surface area contributed by atoms with Crippen LogP contribution in [0.25, 0.3) is 0 Å². The maximum atomic E-state index is 12.1. The Bertz CT molecular complexity index is 350. The molecule has 114 valence electrons. The van der Waals surface area contributed by atoms with Crippen LogP contribution < -0.4 is 0 Å². The van der Waals surface area contributed by atoms with Gasteiger partial charge in [-0.3, -0.25) is 14.4 Å². The fraction of sp³-hybridized carbons (Fsp3) is 0.800. The number of Topliss-reactive ketones (excluding diaryl/α,β-unsaturated/α-hetero) is 2. The molecule has 1 rings (SSSR count). The summed E-state index contributed by atoms with van der Waals surface area (Å²) in [6.07, 6.45) is 5.40. The molecule has 0 radical (unpaired) electrons. The molecule has 1 aliphatic rings. The first kappa shape index (κ1) is 16.8. The average Bonchev–Trinajstić information content (AvgIpc) is 2.80. The minimum atomic E-state index is -0.944. The van der Waals surface area contributed by atoms with Crippen molar-refractivity contribution in [1.82, 2.24) is 0 Å². The number of aliphatic hydroxyl groups is 1. The number of cyclic esters (lactones) is 1. The van der Waals surface area contributed by atoms with E-state index < -0.39 is 17.8 Å². The van der Waals surface area contributed by atoms with E-state index in [2.05, 4.69) is 6.92 Å². The molecule has 0 unspecified atom stereocenters. The van der Waals surface area contributed by atoms with E-state index in [0.717, 1.165) is 32.1 Å². The van der Waals surface area contributed by atoms with Crippen molar-refractivity contribution in [3.8, 4) is 0 Å². The van der Waals surface area contributed by atoms with Gasteiger partial charge >= 0.3 is 5.97 Å². The van der Waals surface area contributed by atoms with Crippen molar-refractivity contribution < 1.29 is 24.2 Å². The second-order valence-corrected chi connectivity index (χ2v) is 5.28. The Labute approximate surface area is 119 Å². The Balaban J connectivity index is 2.46. The third-order valence-corrected chi connectivity index (χ3v) is 3.71. The van der Waals surface area contributed by atoms with Gasteiger partial charge in [0.05, 0.1) is 5.92 Å². The summed E-state index contributed by atoms with van der Waals surface area (Å²) in [5, 5.41) is 8.78. The van der Waals surface area contributed by atoms with Crippen LogP contribution in [0.15, 0.2) is 0 Å². The summed E-state index contributed by atoms with van der Waals surface area (Å²) < 4.78 is 4.85. The molecule has 0 aromatic rings. The van der Waals surface area contributed by atoms with Crippen LogP contribution in [0.3, 0.4) is 0 Å². The van der Waals surface area contributed by atoms with Gasteiger partial charge in [0.1, 0.15) is 24.1 Å². The van der Waals surface area contributed by atoms with E-state index in [1.165, 1.54) is 0 Å². The number of aliphatic hydroxyl groups excluding tert-OH is 1. The summed E-state index contributed by atoms with van der Waals surface area (Å²) in [5.74, 6) is -2.68. The van der Waals surface area contributed by atoms with E-state index in [4.69, 9.17) is 9.84 Å². The number of ketones is 2. The van der Waals surface area contributed by atoms with Crippen LogP contribution in [0.4, 0.5) is 0 Å². The lowest BCUT2D eigenvalue weighted by atomic mass is 9.85. The Morgan fingerprint density at radius 3 is 2.50 bits per heavy atom. The maximum absolute atomic E-state index is 12.1. The lowest BCUT2D eigenvalue weighted by Crippen LogP contribution is -2.31. The van der Waals surface area contributed by atoms with Crippen molar-refractivity contribution in [3.63, 3.8) is 0 Å². The van der Waals surface area contributed by atoms with E-state index in [1.54, 1.807) is 0 Å². The van der Waals surface area contributed by atoms with Crippen LogP contribution in [0.5, 0.6) is 0 Å². The standard InChI is InChI=1S/C15H24O5/c1-2-3-4-5-6-7-13(18)14-11(10-20-15(14)19)12(17)8-9-16/h11,14,16H,2-10H2,1H3/t11-,14-/m0/s1. The Kier molecular flexibility index (Phi) is 7.44. The molecule has 2 atom stereocenters. The van der Waals surface area contributed by atoms with Crippen molar-refractivity contribution in [3.05, 3.63) is 0 Å². The largest absolute Gasteiger partial charge is 0.464 e. The first-order valence-electron chi connectivity index (χ1n) is 7.44. The van der Waals surface area contributed by atoms with Crippen molar-refractivity contribution in [1.29, 1.82) is 0 Å². The third-order valence-electron chi connectivity index (χ3n) is 3.71. The first-order chi connectivity index (χ1) is 9.61. The minimum absolute atomic E-state index is 0.0239. The molecule has 1 heterocycles. The molecule has 0 amide bonds. The number of hydrogen-bond donors (Lipinski definition) is 1. The van der Waals surface area contributed by atoms with Crippen LogP contribution in [0.1, 0.15) is 51.9 Å². The number of ether oxygens (including phenoxy) is 1. The highest BCUT2D eigenvalue weighted by molar-refractivity contribution is 6.05. The van der Waals surface area contributed by atoms with Gasteiger partial charge in [0.2, 0.25) is 0 Å². The first-order valence-corrected chi connectivity index (χ1v) is 7.44. The summed E-state index contributed by atoms with van der Waals surface area (Å²) in [6, 6.07) is 0. The zero-order chi connectivity index (χ0) is 15.0. The van der Waals surface area contributed by atoms with Gasteiger partial charge in [-0.25, -0.2) is 0 Å². The summed E-state index contributed by atoms with van der Waals surface area (Å²) in [4.78, 5) is 35.5. The smallest absolute Gasteiger partial charge is 0.317 e. The van der Waals surface area contributed by atoms with E-state index >= 15 is 0 Å². The number of rotatable bonds is 10. The molecule has 0 bridgehead atoms. The van der Waals surface area contributed by atoms with Crippen LogP contribution >= 0.6 is 0 Å². The fourth-order valence-electron chi connectivity index (χ4n) is 2.51. The second kappa shape index (κ2) is 8.84. The van der Waals surface area contributed by atoms with Gasteiger partial charge in [0, 0.05) is 19.4 Å². The lowest BCUT2D eigenvalue weighted by molar-refractivity contribution is -0.145. The van der Waals surface area contributed by atoms with Crippen molar-refractivity contribution in [2.24, 2.45) is 11.8 Å². The second-order valence-electron chi connectivity index (χ2n) is 5.28. The fourth-order valence-corrected chi connectivity index (χ4v) is 2.51. The van der Waals surface area contributed by atoms with Gasteiger partial charge in [-0.2, -0.15) is 0 Å². The summed E-state index contributed by atoms with van der Waals surface area (Å²) in [6.45, 7) is 1.84. The lowest BCUT2D eigenvalue weighted by Gasteiger charge is -2.12. The van der Waals surface area contributed by atoms with Crippen LogP contribution in [-0.4, -0.2) is 35.9 Å². The molecule has 1 N–H and O–H groups in total. The molecule has 20 heavy (non-hydrogen) atoms. The molecule has 5 heteroatoms. The molecule has 1 aliphatic heterocycles. The highest BCUT2D eigenvalue weighted by Gasteiger charge is 2.44. The third kappa shape index (κ3) is 4.71. The number of unbranched alkanes of at least 4 members (excludes halogenated alkanes) is 4. The molecular weight excluding hydrogens is 260 g/mol. The van der Waals surface area contributed by atoms with Crippen molar-refractivity contribution in [2.75, 3.05) is 13.2 Å². The summed E-state index contributed by atoms with van der Waals surface area (Å²) in [5.41, 5.74) is 0. The zero-order valence-electron chi connectivity index (χ0n) is 12.1. The quantitative estimate of drug-likeness (QED) is 0.375. The topological polar surface area (TPSA) is 80.7 Å². The minimum Gasteiger partial charge on any atom is -0.464 e. The maximum Gasteiger partial charge on any atom is 0.317 e. The molecule has 1 fully saturated rings. The average molecular weight is 284 g/mol. The van der Waals surface area contributed by atoms with Crippen LogP contribution in [0, 0.1) is 11.8 Å². The monoisotopic (exact) mass is 284 g/mol. The molecule has 0 aromatic carbocycles. The predicted molar refractivity (Wildman–Crippen MR) is 73.0 cm³/mol. The number of hydrogen-bond acceptors (Lipinski definition) is 5. The molecule has 0 aliphatic carbocycles. The van der Waals surface area contributed by atoms with Crippen molar-refractivity contribution >= 4 is 17.5 Å². The van der Waals surface area contributed by atoms with E-state index in [1.807, 2.05) is 0 Å². The molecule has 0 spiro atoms. The van der Waals surface area contributed by atoms with Gasteiger partial charge < -0.3 is 9.84 Å². The van der Waals surface area contributed by atoms with E-state index in [9.17, 15) is 14.4 Å². The Morgan fingerprint density at radius 2 is 1.85 bits per heavy atom. The van der Waals surface area contributed by atoms with E-state index in [-0.39, 0.29) is 31.2 Å². The van der Waals surface area contributed by atoms with Gasteiger partial charge in [0.25, 0.3) is 0 Å². The Morgan fingerprint density at radius 1 is 1.15 bits per heavy atom. The summed E-state index contributed by atoms with van der Waals surface area (Å²) in [7, 11) is 0. The highest BCUT2D eigenvalue weighted by Crippen LogP contribution is 2.27. The van der Waals surface area contributed by atoms with Gasteiger partial charge in [-0.15, -0.1) is 0 Å². The van der Waals surface area contributed by atoms with Gasteiger partial charge in [-0.1, -0.05) is 32.6 Å². The number of carbonyl (C=O) groups is 3. The normalized spacial score (nSPS) is 21.8. The molecule has 0 aromatic heterocycles. The number of esters is 1. The Hall–Kier alpha value is -1.23. The van der Waals surface area contributed by atoms with Gasteiger partial charge in [0.15, 0.2) is 0 Å².